The molecule has 1 saturated heterocycles. The average Bonchev–Trinajstić information content (AvgIpc) is 3.28. The Hall–Kier alpha value is -3.30. The molecule has 2 N–H and O–H groups in total. The summed E-state index contributed by atoms with van der Waals surface area (Å²) in [6.07, 6.45) is 3.00. The number of likely N-dealkylation sites (N-methyl/N-ethyl adjacent to an activating group) is 1. The zero-order chi connectivity index (χ0) is 24.2. The van der Waals surface area contributed by atoms with Gasteiger partial charge in [-0.3, -0.25) is 10.2 Å². The first kappa shape index (κ1) is 23.8. The smallest absolute Gasteiger partial charge is 0.320 e. The number of carbonyl (C=O) groups excluding carboxylic acids is 1. The highest BCUT2D eigenvalue weighted by Crippen LogP contribution is 2.36. The summed E-state index contributed by atoms with van der Waals surface area (Å²) in [4.78, 5) is 19.1. The van der Waals surface area contributed by atoms with Crippen LogP contribution in [0.15, 0.2) is 48.7 Å². The number of carbonyl (C=O) groups is 1. The monoisotopic (exact) mass is 466 g/mol. The number of halogens is 1. The standard InChI is InChI=1S/C25H31FN6O2/c1-16-17(2)30-32(19-8-6-5-7-9-19)24(16)29-25(33)28-21-15-20(11-13-34-4)31(3)23(21)18-10-12-27-22(26)14-18/h5-10,12,14,20-21,23H,11,13,15H2,1-4H3,(H2,28,29,33)/t20-,21-,23+/m1/s1. The molecule has 2 amide bonds. The fourth-order valence-corrected chi connectivity index (χ4v) is 4.70. The maximum absolute atomic E-state index is 13.9. The van der Waals surface area contributed by atoms with Crippen molar-refractivity contribution in [2.75, 3.05) is 26.1 Å². The highest BCUT2D eigenvalue weighted by atomic mass is 19.1. The van der Waals surface area contributed by atoms with E-state index in [0.717, 1.165) is 35.3 Å². The van der Waals surface area contributed by atoms with Gasteiger partial charge >= 0.3 is 6.03 Å². The summed E-state index contributed by atoms with van der Waals surface area (Å²) in [6.45, 7) is 4.46. The highest BCUT2D eigenvalue weighted by molar-refractivity contribution is 5.90. The van der Waals surface area contributed by atoms with E-state index in [1.807, 2.05) is 51.2 Å². The molecule has 3 atom stereocenters. The number of nitrogens with one attached hydrogen (secondary N) is 2. The van der Waals surface area contributed by atoms with Crippen LogP contribution >= 0.6 is 0 Å². The summed E-state index contributed by atoms with van der Waals surface area (Å²) in [7, 11) is 3.68. The Bertz CT molecular complexity index is 1140. The molecule has 9 heteroatoms. The van der Waals surface area contributed by atoms with Gasteiger partial charge in [-0.25, -0.2) is 14.5 Å². The van der Waals surface area contributed by atoms with Gasteiger partial charge in [0.1, 0.15) is 5.82 Å². The molecule has 3 heterocycles. The van der Waals surface area contributed by atoms with E-state index in [4.69, 9.17) is 4.74 Å². The number of pyridine rings is 1. The lowest BCUT2D eigenvalue weighted by molar-refractivity contribution is 0.150. The van der Waals surface area contributed by atoms with Gasteiger partial charge in [-0.1, -0.05) is 18.2 Å². The molecule has 0 bridgehead atoms. The van der Waals surface area contributed by atoms with Gasteiger partial charge in [-0.2, -0.15) is 9.49 Å². The topological polar surface area (TPSA) is 84.3 Å². The zero-order valence-electron chi connectivity index (χ0n) is 20.0. The molecule has 1 aliphatic rings. The van der Waals surface area contributed by atoms with E-state index in [9.17, 15) is 9.18 Å². The Kier molecular flexibility index (Phi) is 7.23. The van der Waals surface area contributed by atoms with Crippen LogP contribution in [0.1, 0.15) is 35.7 Å². The first-order valence-corrected chi connectivity index (χ1v) is 11.4. The van der Waals surface area contributed by atoms with Crippen molar-refractivity contribution in [2.24, 2.45) is 0 Å². The second-order valence-electron chi connectivity index (χ2n) is 8.70. The molecule has 0 aliphatic carbocycles. The molecule has 8 nitrogen and oxygen atoms in total. The summed E-state index contributed by atoms with van der Waals surface area (Å²) in [5.41, 5.74) is 3.37. The Morgan fingerprint density at radius 2 is 2.00 bits per heavy atom. The number of hydrogen-bond acceptors (Lipinski definition) is 5. The third kappa shape index (κ3) is 4.95. The van der Waals surface area contributed by atoms with E-state index in [0.29, 0.717) is 12.4 Å². The van der Waals surface area contributed by atoms with Gasteiger partial charge in [-0.05, 0) is 63.6 Å². The third-order valence-electron chi connectivity index (χ3n) is 6.58. The maximum Gasteiger partial charge on any atom is 0.320 e. The normalized spacial score (nSPS) is 20.4. The van der Waals surface area contributed by atoms with Crippen LogP contribution in [0.5, 0.6) is 0 Å². The van der Waals surface area contributed by atoms with Gasteiger partial charge in [0.15, 0.2) is 0 Å². The molecular formula is C25H31FN6O2. The molecule has 0 radical (unpaired) electrons. The number of para-hydroxylation sites is 1. The van der Waals surface area contributed by atoms with Crippen LogP contribution in [0.2, 0.25) is 0 Å². The SMILES string of the molecule is COCC[C@@H]1C[C@@H](NC(=O)Nc2c(C)c(C)nn2-c2ccccc2)[C@H](c2ccnc(F)c2)N1C. The van der Waals surface area contributed by atoms with Crippen LogP contribution in [0, 0.1) is 19.8 Å². The van der Waals surface area contributed by atoms with Crippen molar-refractivity contribution in [3.63, 3.8) is 0 Å². The largest absolute Gasteiger partial charge is 0.385 e. The Morgan fingerprint density at radius 3 is 2.71 bits per heavy atom. The molecule has 1 fully saturated rings. The molecule has 180 valence electrons. The van der Waals surface area contributed by atoms with Crippen LogP contribution in [0.25, 0.3) is 5.69 Å². The fourth-order valence-electron chi connectivity index (χ4n) is 4.70. The number of hydrogen-bond donors (Lipinski definition) is 2. The lowest BCUT2D eigenvalue weighted by Gasteiger charge is -2.28. The molecule has 0 saturated carbocycles. The predicted molar refractivity (Wildman–Crippen MR) is 129 cm³/mol. The van der Waals surface area contributed by atoms with Gasteiger partial charge in [0.25, 0.3) is 0 Å². The molecule has 1 aromatic carbocycles. The minimum absolute atomic E-state index is 0.185. The first-order valence-electron chi connectivity index (χ1n) is 11.4. The van der Waals surface area contributed by atoms with Crippen molar-refractivity contribution in [2.45, 2.75) is 44.8 Å². The average molecular weight is 467 g/mol. The summed E-state index contributed by atoms with van der Waals surface area (Å²) in [5.74, 6) is 0.0855. The van der Waals surface area contributed by atoms with Crippen LogP contribution < -0.4 is 10.6 Å². The summed E-state index contributed by atoms with van der Waals surface area (Å²) >= 11 is 0. The Balaban J connectivity index is 1.57. The number of aromatic nitrogens is 3. The fraction of sp³-hybridized carbons (Fsp3) is 0.400. The molecule has 1 aliphatic heterocycles. The molecule has 3 aromatic rings. The Labute approximate surface area is 199 Å². The molecule has 0 unspecified atom stereocenters. The van der Waals surface area contributed by atoms with Crippen molar-refractivity contribution in [1.82, 2.24) is 25.0 Å². The number of amides is 2. The van der Waals surface area contributed by atoms with Gasteiger partial charge in [0.2, 0.25) is 5.95 Å². The number of ether oxygens (including phenoxy) is 1. The molecule has 0 spiro atoms. The van der Waals surface area contributed by atoms with Crippen molar-refractivity contribution >= 4 is 11.8 Å². The lowest BCUT2D eigenvalue weighted by Crippen LogP contribution is -2.41. The van der Waals surface area contributed by atoms with Crippen LogP contribution in [0.4, 0.5) is 15.0 Å². The molecule has 34 heavy (non-hydrogen) atoms. The maximum atomic E-state index is 13.9. The molecule has 4 rings (SSSR count). The number of benzene rings is 1. The number of methoxy groups -OCH3 is 1. The van der Waals surface area contributed by atoms with Gasteiger partial charge in [0.05, 0.1) is 23.5 Å². The minimum atomic E-state index is -0.535. The van der Waals surface area contributed by atoms with E-state index in [1.165, 1.54) is 12.3 Å². The number of nitrogens with zero attached hydrogens (tertiary/aromatic N) is 4. The number of rotatable bonds is 7. The van der Waals surface area contributed by atoms with Gasteiger partial charge in [0, 0.05) is 31.5 Å². The van der Waals surface area contributed by atoms with E-state index < -0.39 is 5.95 Å². The minimum Gasteiger partial charge on any atom is -0.385 e. The van der Waals surface area contributed by atoms with Crippen LogP contribution in [0.3, 0.4) is 0 Å². The predicted octanol–water partition coefficient (Wildman–Crippen LogP) is 4.00. The van der Waals surface area contributed by atoms with Crippen LogP contribution in [-0.4, -0.2) is 58.5 Å². The van der Waals surface area contributed by atoms with Gasteiger partial charge < -0.3 is 10.1 Å². The van der Waals surface area contributed by atoms with Gasteiger partial charge in [-0.15, -0.1) is 0 Å². The number of urea groups is 1. The number of aryl methyl sites for hydroxylation is 1. The van der Waals surface area contributed by atoms with Crippen molar-refractivity contribution in [3.05, 3.63) is 71.4 Å². The summed E-state index contributed by atoms with van der Waals surface area (Å²) in [6, 6.07) is 12.4. The van der Waals surface area contributed by atoms with Crippen molar-refractivity contribution in [1.29, 1.82) is 0 Å². The summed E-state index contributed by atoms with van der Waals surface area (Å²) in [5, 5.41) is 10.7. The molecule has 2 aromatic heterocycles. The van der Waals surface area contributed by atoms with E-state index in [2.05, 4.69) is 25.6 Å². The second-order valence-corrected chi connectivity index (χ2v) is 8.70. The molecular weight excluding hydrogens is 435 g/mol. The Morgan fingerprint density at radius 1 is 1.24 bits per heavy atom. The second kappa shape index (κ2) is 10.3. The third-order valence-corrected chi connectivity index (χ3v) is 6.58. The zero-order valence-corrected chi connectivity index (χ0v) is 20.0. The van der Waals surface area contributed by atoms with E-state index in [-0.39, 0.29) is 24.2 Å². The highest BCUT2D eigenvalue weighted by Gasteiger charge is 2.40. The van der Waals surface area contributed by atoms with E-state index >= 15 is 0 Å². The summed E-state index contributed by atoms with van der Waals surface area (Å²) < 4.78 is 20.9. The number of likely N-dealkylation sites (tertiary alicyclic amines) is 1. The van der Waals surface area contributed by atoms with Crippen LogP contribution in [-0.2, 0) is 4.74 Å². The van der Waals surface area contributed by atoms with E-state index in [1.54, 1.807) is 17.9 Å². The first-order chi connectivity index (χ1) is 16.4. The van der Waals surface area contributed by atoms with Crippen molar-refractivity contribution in [3.8, 4) is 5.69 Å². The van der Waals surface area contributed by atoms with Crippen molar-refractivity contribution < 1.29 is 13.9 Å². The number of anilines is 1. The quantitative estimate of drug-likeness (QED) is 0.515. The lowest BCUT2D eigenvalue weighted by atomic mass is 10.0.